The van der Waals surface area contributed by atoms with Crippen LogP contribution in [0.1, 0.15) is 29.5 Å². The smallest absolute Gasteiger partial charge is 0.224 e. The van der Waals surface area contributed by atoms with Gasteiger partial charge in [0.25, 0.3) is 0 Å². The van der Waals surface area contributed by atoms with Crippen LogP contribution in [0.3, 0.4) is 0 Å². The van der Waals surface area contributed by atoms with Crippen LogP contribution in [0.5, 0.6) is 5.75 Å². The minimum Gasteiger partial charge on any atom is -0.493 e. The quantitative estimate of drug-likeness (QED) is 0.359. The summed E-state index contributed by atoms with van der Waals surface area (Å²) in [7, 11) is 0. The van der Waals surface area contributed by atoms with Crippen LogP contribution in [0.2, 0.25) is 5.02 Å². The third kappa shape index (κ3) is 5.26. The van der Waals surface area contributed by atoms with Crippen LogP contribution in [0, 0.1) is 13.8 Å². The van der Waals surface area contributed by atoms with Gasteiger partial charge in [0.05, 0.1) is 18.7 Å². The van der Waals surface area contributed by atoms with E-state index in [1.54, 1.807) is 16.8 Å². The van der Waals surface area contributed by atoms with Gasteiger partial charge in [-0.15, -0.1) is 5.10 Å². The van der Waals surface area contributed by atoms with Crippen LogP contribution in [0.25, 0.3) is 11.0 Å². The molecule has 1 aromatic heterocycles. The molecule has 0 saturated heterocycles. The van der Waals surface area contributed by atoms with Crippen molar-refractivity contribution in [3.8, 4) is 5.75 Å². The molecule has 0 fully saturated rings. The van der Waals surface area contributed by atoms with Crippen molar-refractivity contribution in [1.82, 2.24) is 15.0 Å². The second-order valence-corrected chi connectivity index (χ2v) is 8.22. The summed E-state index contributed by atoms with van der Waals surface area (Å²) >= 11 is 6.39. The molecule has 1 amide bonds. The number of benzene rings is 3. The first kappa shape index (κ1) is 21.8. The van der Waals surface area contributed by atoms with Gasteiger partial charge in [-0.2, -0.15) is 0 Å². The number of hydrogen-bond donors (Lipinski definition) is 1. The van der Waals surface area contributed by atoms with Crippen LogP contribution in [-0.4, -0.2) is 27.5 Å². The second-order valence-electron chi connectivity index (χ2n) is 7.81. The lowest BCUT2D eigenvalue weighted by Crippen LogP contribution is -2.13. The monoisotopic (exact) mass is 448 g/mol. The van der Waals surface area contributed by atoms with Crippen molar-refractivity contribution in [1.29, 1.82) is 0 Å². The van der Waals surface area contributed by atoms with E-state index in [-0.39, 0.29) is 5.91 Å². The second kappa shape index (κ2) is 9.83. The van der Waals surface area contributed by atoms with Crippen LogP contribution >= 0.6 is 11.6 Å². The zero-order valence-corrected chi connectivity index (χ0v) is 18.9. The number of rotatable bonds is 8. The maximum Gasteiger partial charge on any atom is 0.224 e. The third-order valence-electron chi connectivity index (χ3n) is 5.21. The Morgan fingerprint density at radius 3 is 2.78 bits per heavy atom. The van der Waals surface area contributed by atoms with Gasteiger partial charge in [-0.3, -0.25) is 4.79 Å². The molecule has 1 heterocycles. The van der Waals surface area contributed by atoms with Crippen LogP contribution in [0.15, 0.2) is 60.7 Å². The van der Waals surface area contributed by atoms with Gasteiger partial charge >= 0.3 is 0 Å². The number of anilines is 1. The van der Waals surface area contributed by atoms with E-state index >= 15 is 0 Å². The van der Waals surface area contributed by atoms with E-state index in [0.717, 1.165) is 27.9 Å². The molecule has 4 aromatic rings. The fourth-order valence-electron chi connectivity index (χ4n) is 3.57. The molecule has 0 unspecified atom stereocenters. The van der Waals surface area contributed by atoms with Crippen LogP contribution < -0.4 is 10.1 Å². The first-order chi connectivity index (χ1) is 15.5. The molecule has 0 atom stereocenters. The Hall–Kier alpha value is -3.38. The van der Waals surface area contributed by atoms with Crippen molar-refractivity contribution >= 4 is 34.2 Å². The molecule has 0 aliphatic heterocycles. The summed E-state index contributed by atoms with van der Waals surface area (Å²) in [6.07, 6.45) is 1.00. The summed E-state index contributed by atoms with van der Waals surface area (Å²) in [4.78, 5) is 12.4. The van der Waals surface area contributed by atoms with E-state index in [1.807, 2.05) is 49.4 Å². The Bertz CT molecular complexity index is 1250. The summed E-state index contributed by atoms with van der Waals surface area (Å²) in [5, 5.41) is 12.0. The van der Waals surface area contributed by atoms with Crippen molar-refractivity contribution in [2.75, 3.05) is 11.9 Å². The van der Waals surface area contributed by atoms with E-state index < -0.39 is 0 Å². The Kier molecular flexibility index (Phi) is 6.71. The number of halogens is 1. The molecule has 0 saturated carbocycles. The van der Waals surface area contributed by atoms with Crippen molar-refractivity contribution < 1.29 is 9.53 Å². The number of nitrogens with zero attached hydrogens (tertiary/aromatic N) is 3. The molecule has 6 nitrogen and oxygen atoms in total. The molecule has 0 aliphatic rings. The van der Waals surface area contributed by atoms with Crippen molar-refractivity contribution in [3.05, 3.63) is 82.4 Å². The lowest BCUT2D eigenvalue weighted by atomic mass is 10.1. The number of carbonyl (C=O) groups excluding carboxylic acids is 1. The Morgan fingerprint density at radius 1 is 1.09 bits per heavy atom. The molecule has 32 heavy (non-hydrogen) atoms. The Balaban J connectivity index is 1.32. The molecule has 3 aromatic carbocycles. The highest BCUT2D eigenvalue weighted by atomic mass is 35.5. The average molecular weight is 449 g/mol. The standard InChI is InChI=1S/C25H25ClN4O2/c1-17-9-12-24(18(2)14-17)32-13-5-8-25(31)27-20-10-11-21(26)19(15-20)16-30-23-7-4-3-6-22(23)28-29-30/h3-4,6-7,9-12,14-15H,5,8,13,16H2,1-2H3,(H,27,31). The lowest BCUT2D eigenvalue weighted by molar-refractivity contribution is -0.116. The molecule has 0 spiro atoms. The van der Waals surface area contributed by atoms with Gasteiger partial charge in [0.15, 0.2) is 0 Å². The van der Waals surface area contributed by atoms with E-state index in [1.165, 1.54) is 5.56 Å². The number of fused-ring (bicyclic) bond motifs is 1. The predicted molar refractivity (Wildman–Crippen MR) is 127 cm³/mol. The van der Waals surface area contributed by atoms with Gasteiger partial charge in [0, 0.05) is 17.1 Å². The van der Waals surface area contributed by atoms with E-state index in [4.69, 9.17) is 16.3 Å². The van der Waals surface area contributed by atoms with Crippen molar-refractivity contribution in [2.45, 2.75) is 33.2 Å². The minimum absolute atomic E-state index is 0.0614. The van der Waals surface area contributed by atoms with E-state index in [9.17, 15) is 4.79 Å². The summed E-state index contributed by atoms with van der Waals surface area (Å²) in [6.45, 7) is 5.03. The minimum atomic E-state index is -0.0614. The zero-order valence-electron chi connectivity index (χ0n) is 18.1. The number of amides is 1. The molecule has 0 aliphatic carbocycles. The van der Waals surface area contributed by atoms with Crippen molar-refractivity contribution in [3.63, 3.8) is 0 Å². The highest BCUT2D eigenvalue weighted by Gasteiger charge is 2.10. The van der Waals surface area contributed by atoms with Gasteiger partial charge < -0.3 is 10.1 Å². The van der Waals surface area contributed by atoms with Crippen molar-refractivity contribution in [2.24, 2.45) is 0 Å². The van der Waals surface area contributed by atoms with Gasteiger partial charge in [-0.1, -0.05) is 46.6 Å². The molecular formula is C25H25ClN4O2. The van der Waals surface area contributed by atoms with Gasteiger partial charge in [0.1, 0.15) is 11.3 Å². The summed E-state index contributed by atoms with van der Waals surface area (Å²) in [5.74, 6) is 0.799. The topological polar surface area (TPSA) is 69.0 Å². The highest BCUT2D eigenvalue weighted by molar-refractivity contribution is 6.31. The normalized spacial score (nSPS) is 11.0. The maximum atomic E-state index is 12.4. The first-order valence-electron chi connectivity index (χ1n) is 10.6. The molecule has 1 N–H and O–H groups in total. The molecular weight excluding hydrogens is 424 g/mol. The summed E-state index contributed by atoms with van der Waals surface area (Å²) in [6, 6.07) is 19.3. The largest absolute Gasteiger partial charge is 0.493 e. The maximum absolute atomic E-state index is 12.4. The van der Waals surface area contributed by atoms with E-state index in [2.05, 4.69) is 28.6 Å². The molecule has 164 valence electrons. The van der Waals surface area contributed by atoms with Gasteiger partial charge in [0.2, 0.25) is 5.91 Å². The van der Waals surface area contributed by atoms with E-state index in [0.29, 0.717) is 36.7 Å². The molecule has 0 radical (unpaired) electrons. The fourth-order valence-corrected chi connectivity index (χ4v) is 3.75. The number of hydrogen-bond acceptors (Lipinski definition) is 4. The van der Waals surface area contributed by atoms with Crippen LogP contribution in [0.4, 0.5) is 5.69 Å². The van der Waals surface area contributed by atoms with Gasteiger partial charge in [-0.25, -0.2) is 4.68 Å². The van der Waals surface area contributed by atoms with Crippen LogP contribution in [-0.2, 0) is 11.3 Å². The first-order valence-corrected chi connectivity index (χ1v) is 10.9. The fraction of sp³-hybridized carbons (Fsp3) is 0.240. The number of carbonyl (C=O) groups is 1. The highest BCUT2D eigenvalue weighted by Crippen LogP contribution is 2.23. The van der Waals surface area contributed by atoms with Gasteiger partial charge in [-0.05, 0) is 67.8 Å². The number of nitrogens with one attached hydrogen (secondary N) is 1. The number of ether oxygens (including phenoxy) is 1. The molecule has 7 heteroatoms. The number of aryl methyl sites for hydroxylation is 2. The number of aromatic nitrogens is 3. The summed E-state index contributed by atoms with van der Waals surface area (Å²) < 4.78 is 7.61. The summed E-state index contributed by atoms with van der Waals surface area (Å²) in [5.41, 5.74) is 5.63. The Labute approximate surface area is 192 Å². The third-order valence-corrected chi connectivity index (χ3v) is 5.57. The molecule has 0 bridgehead atoms. The predicted octanol–water partition coefficient (Wildman–Crippen LogP) is 5.55. The number of para-hydroxylation sites is 1. The zero-order chi connectivity index (χ0) is 22.5. The Morgan fingerprint density at radius 2 is 1.94 bits per heavy atom. The molecule has 4 rings (SSSR count). The SMILES string of the molecule is Cc1ccc(OCCCC(=O)Nc2ccc(Cl)c(Cn3nnc4ccccc43)c2)c(C)c1. The lowest BCUT2D eigenvalue weighted by Gasteiger charge is -2.11. The average Bonchev–Trinajstić information content (AvgIpc) is 3.18.